The minimum atomic E-state index is -4.77. The molecule has 0 rings (SSSR count). The Hall–Kier alpha value is -2.03. The molecule has 50 heavy (non-hydrogen) atoms. The summed E-state index contributed by atoms with van der Waals surface area (Å²) in [4.78, 5) is 42.7. The minimum absolute atomic E-state index is 0.174. The summed E-state index contributed by atoms with van der Waals surface area (Å²) >= 11 is 0. The summed E-state index contributed by atoms with van der Waals surface area (Å²) in [5, 5.41) is 9.78. The fourth-order valence-electron chi connectivity index (χ4n) is 5.12. The number of hydrogen-bond donors (Lipinski definition) is 3. The summed E-state index contributed by atoms with van der Waals surface area (Å²) in [6.07, 6.45) is 36.0. The Morgan fingerprint density at radius 2 is 1.20 bits per heavy atom. The third-order valence-electron chi connectivity index (χ3n) is 8.46. The predicted molar refractivity (Wildman–Crippen MR) is 203 cm³/mol. The number of esters is 2. The molecular formula is C40H71O9P. The second-order valence-corrected chi connectivity index (χ2v) is 14.6. The van der Waals surface area contributed by atoms with Crippen molar-refractivity contribution in [1.82, 2.24) is 0 Å². The molecule has 0 fully saturated rings. The Morgan fingerprint density at radius 3 is 1.78 bits per heavy atom. The van der Waals surface area contributed by atoms with E-state index in [1.165, 1.54) is 51.4 Å². The van der Waals surface area contributed by atoms with Crippen molar-refractivity contribution in [3.8, 4) is 0 Å². The fraction of sp³-hybridized carbons (Fsp3) is 0.750. The second kappa shape index (κ2) is 34.1. The largest absolute Gasteiger partial charge is 0.469 e. The fourth-order valence-corrected chi connectivity index (χ4v) is 5.48. The lowest BCUT2D eigenvalue weighted by atomic mass is 9.99. The van der Waals surface area contributed by atoms with Gasteiger partial charge in [0.25, 0.3) is 0 Å². The van der Waals surface area contributed by atoms with E-state index in [1.807, 2.05) is 24.3 Å². The van der Waals surface area contributed by atoms with E-state index in [-0.39, 0.29) is 25.6 Å². The zero-order valence-electron chi connectivity index (χ0n) is 31.6. The Labute approximate surface area is 304 Å². The van der Waals surface area contributed by atoms with Crippen molar-refractivity contribution in [2.75, 3.05) is 13.2 Å². The number of phosphoric acid groups is 1. The first-order valence-electron chi connectivity index (χ1n) is 19.4. The van der Waals surface area contributed by atoms with Crippen LogP contribution in [0.2, 0.25) is 0 Å². The van der Waals surface area contributed by atoms with Gasteiger partial charge in [-0.1, -0.05) is 153 Å². The molecule has 3 N–H and O–H groups in total. The molecule has 0 aromatic rings. The summed E-state index contributed by atoms with van der Waals surface area (Å²) in [5.74, 6) is -0.134. The highest BCUT2D eigenvalue weighted by Crippen LogP contribution is 2.36. The van der Waals surface area contributed by atoms with Crippen LogP contribution < -0.4 is 0 Å². The van der Waals surface area contributed by atoms with Crippen LogP contribution in [0, 0.1) is 5.92 Å². The van der Waals surface area contributed by atoms with Crippen LogP contribution in [0.3, 0.4) is 0 Å². The van der Waals surface area contributed by atoms with E-state index < -0.39 is 32.5 Å². The Morgan fingerprint density at radius 1 is 0.660 bits per heavy atom. The summed E-state index contributed by atoms with van der Waals surface area (Å²) in [6.45, 7) is 5.81. The number of rotatable bonds is 34. The smallest absolute Gasteiger partial charge is 0.462 e. The van der Waals surface area contributed by atoms with Gasteiger partial charge in [0.2, 0.25) is 0 Å². The zero-order valence-corrected chi connectivity index (χ0v) is 32.5. The van der Waals surface area contributed by atoms with E-state index in [9.17, 15) is 19.3 Å². The monoisotopic (exact) mass is 726 g/mol. The molecule has 0 aliphatic heterocycles. The van der Waals surface area contributed by atoms with Crippen LogP contribution >= 0.6 is 7.82 Å². The third kappa shape index (κ3) is 35.8. The van der Waals surface area contributed by atoms with Crippen molar-refractivity contribution in [2.45, 2.75) is 174 Å². The lowest BCUT2D eigenvalue weighted by molar-refractivity contribution is -0.161. The number of unbranched alkanes of at least 4 members (excludes halogenated alkanes) is 11. The van der Waals surface area contributed by atoms with Crippen LogP contribution in [0.5, 0.6) is 0 Å². The molecule has 1 unspecified atom stereocenters. The summed E-state index contributed by atoms with van der Waals surface area (Å²) < 4.78 is 26.3. The van der Waals surface area contributed by atoms with Crippen LogP contribution in [0.25, 0.3) is 0 Å². The number of phosphoric ester groups is 1. The van der Waals surface area contributed by atoms with Crippen LogP contribution in [0.4, 0.5) is 0 Å². The molecule has 0 aromatic carbocycles. The maximum atomic E-state index is 12.4. The first-order chi connectivity index (χ1) is 24.1. The number of ether oxygens (including phenoxy) is 2. The molecule has 0 radical (unpaired) electrons. The minimum Gasteiger partial charge on any atom is -0.462 e. The summed E-state index contributed by atoms with van der Waals surface area (Å²) in [6, 6.07) is 0. The normalized spacial score (nSPS) is 14.3. The van der Waals surface area contributed by atoms with Crippen molar-refractivity contribution >= 4 is 19.8 Å². The van der Waals surface area contributed by atoms with Gasteiger partial charge in [-0.3, -0.25) is 14.1 Å². The molecular weight excluding hydrogens is 655 g/mol. The summed E-state index contributed by atoms with van der Waals surface area (Å²) in [7, 11) is -4.77. The Balaban J connectivity index is 4.10. The van der Waals surface area contributed by atoms with E-state index >= 15 is 0 Å². The van der Waals surface area contributed by atoms with Gasteiger partial charge in [-0.25, -0.2) is 4.57 Å². The first kappa shape index (κ1) is 48.0. The molecule has 0 aromatic heterocycles. The van der Waals surface area contributed by atoms with E-state index in [4.69, 9.17) is 19.3 Å². The van der Waals surface area contributed by atoms with Gasteiger partial charge in [0, 0.05) is 12.8 Å². The number of aliphatic hydroxyl groups is 1. The molecule has 290 valence electrons. The van der Waals surface area contributed by atoms with E-state index in [2.05, 4.69) is 49.6 Å². The van der Waals surface area contributed by atoms with Crippen LogP contribution in [0.15, 0.2) is 48.6 Å². The molecule has 0 amide bonds. The number of carbonyl (C=O) groups excluding carboxylic acids is 2. The zero-order chi connectivity index (χ0) is 37.1. The third-order valence-corrected chi connectivity index (χ3v) is 8.95. The number of aliphatic hydroxyl groups excluding tert-OH is 1. The van der Waals surface area contributed by atoms with Gasteiger partial charge in [-0.15, -0.1) is 0 Å². The van der Waals surface area contributed by atoms with Crippen molar-refractivity contribution in [3.63, 3.8) is 0 Å². The maximum Gasteiger partial charge on any atom is 0.469 e. The molecule has 9 nitrogen and oxygen atoms in total. The lowest BCUT2D eigenvalue weighted by Crippen LogP contribution is -2.29. The SMILES string of the molecule is CCCC[C@H](O)/C=C\C/C=C\C/C=C\C/C=C\CCCC(=O)OC[C@H](COP(=O)(O)O)OC(=O)CCCCCCCCCCCCC(C)CC. The van der Waals surface area contributed by atoms with Gasteiger partial charge in [-0.05, 0) is 50.9 Å². The van der Waals surface area contributed by atoms with Gasteiger partial charge in [0.1, 0.15) is 6.61 Å². The van der Waals surface area contributed by atoms with Crippen molar-refractivity contribution in [2.24, 2.45) is 5.92 Å². The van der Waals surface area contributed by atoms with Crippen LogP contribution in [0.1, 0.15) is 162 Å². The van der Waals surface area contributed by atoms with Crippen molar-refractivity contribution in [1.29, 1.82) is 0 Å². The molecule has 0 aliphatic carbocycles. The molecule has 0 bridgehead atoms. The van der Waals surface area contributed by atoms with E-state index in [1.54, 1.807) is 0 Å². The van der Waals surface area contributed by atoms with Gasteiger partial charge in [-0.2, -0.15) is 0 Å². The molecule has 0 saturated carbocycles. The molecule has 10 heteroatoms. The highest BCUT2D eigenvalue weighted by Gasteiger charge is 2.22. The van der Waals surface area contributed by atoms with Gasteiger partial charge >= 0.3 is 19.8 Å². The van der Waals surface area contributed by atoms with Gasteiger partial charge < -0.3 is 24.4 Å². The molecule has 0 spiro atoms. The van der Waals surface area contributed by atoms with Crippen LogP contribution in [-0.4, -0.2) is 52.3 Å². The maximum absolute atomic E-state index is 12.4. The first-order valence-corrected chi connectivity index (χ1v) is 20.9. The topological polar surface area (TPSA) is 140 Å². The van der Waals surface area contributed by atoms with Crippen LogP contribution in [-0.2, 0) is 28.2 Å². The lowest BCUT2D eigenvalue weighted by Gasteiger charge is -2.18. The van der Waals surface area contributed by atoms with E-state index in [0.717, 1.165) is 63.7 Å². The van der Waals surface area contributed by atoms with Crippen molar-refractivity contribution in [3.05, 3.63) is 48.6 Å². The summed E-state index contributed by atoms with van der Waals surface area (Å²) in [5.41, 5.74) is 0. The average Bonchev–Trinajstić information content (AvgIpc) is 3.08. The Bertz CT molecular complexity index is 985. The molecule has 0 heterocycles. The van der Waals surface area contributed by atoms with Gasteiger partial charge in [0.05, 0.1) is 12.7 Å². The van der Waals surface area contributed by atoms with Crippen molar-refractivity contribution < 1.29 is 43.0 Å². The average molecular weight is 727 g/mol. The number of hydrogen-bond acceptors (Lipinski definition) is 7. The second-order valence-electron chi connectivity index (χ2n) is 13.3. The highest BCUT2D eigenvalue weighted by atomic mass is 31.2. The number of carbonyl (C=O) groups is 2. The number of allylic oxidation sites excluding steroid dienone is 7. The van der Waals surface area contributed by atoms with E-state index in [0.29, 0.717) is 19.3 Å². The quantitative estimate of drug-likeness (QED) is 0.0256. The standard InChI is InChI=1S/C40H71O9P/c1-4-6-30-37(41)31-26-22-18-14-9-7-8-10-15-19-23-27-32-39(42)47-34-38(35-48-50(44,45)46)49-40(43)33-28-24-20-16-12-11-13-17-21-25-29-36(3)5-2/h7-8,14-15,18-19,26,31,36-38,41H,4-6,9-13,16-17,20-25,27-30,32-35H2,1-3H3,(H2,44,45,46)/b8-7-,18-14-,19-15-,31-26-/t36?,37-,38+/m0/s1. The molecule has 0 aliphatic rings. The highest BCUT2D eigenvalue weighted by molar-refractivity contribution is 7.46. The Kier molecular flexibility index (Phi) is 32.7. The molecule has 3 atom stereocenters. The molecule has 0 saturated heterocycles. The van der Waals surface area contributed by atoms with Gasteiger partial charge in [0.15, 0.2) is 6.10 Å². The predicted octanol–water partition coefficient (Wildman–Crippen LogP) is 10.4.